The van der Waals surface area contributed by atoms with Crippen LogP contribution in [0.4, 0.5) is 0 Å². The Balaban J connectivity index is 1.71. The molecule has 1 heterocycles. The van der Waals surface area contributed by atoms with Crippen LogP contribution in [-0.4, -0.2) is 44.2 Å². The Kier molecular flexibility index (Phi) is 5.29. The second-order valence-electron chi connectivity index (χ2n) is 4.25. The van der Waals surface area contributed by atoms with E-state index >= 15 is 0 Å². The molecule has 0 atom stereocenters. The first-order chi connectivity index (χ1) is 8.34. The Labute approximate surface area is 111 Å². The van der Waals surface area contributed by atoms with Crippen molar-refractivity contribution < 1.29 is 4.74 Å². The molecule has 0 bridgehead atoms. The summed E-state index contributed by atoms with van der Waals surface area (Å²) >= 11 is 3.44. The average molecular weight is 299 g/mol. The Morgan fingerprint density at radius 3 is 3.12 bits per heavy atom. The van der Waals surface area contributed by atoms with Crippen molar-refractivity contribution in [1.29, 1.82) is 0 Å². The zero-order chi connectivity index (χ0) is 11.9. The van der Waals surface area contributed by atoms with Gasteiger partial charge in [0.15, 0.2) is 0 Å². The predicted octanol–water partition coefficient (Wildman–Crippen LogP) is 2.12. The van der Waals surface area contributed by atoms with Gasteiger partial charge in [-0.2, -0.15) is 0 Å². The van der Waals surface area contributed by atoms with E-state index in [4.69, 9.17) is 4.74 Å². The van der Waals surface area contributed by atoms with Gasteiger partial charge in [-0.1, -0.05) is 22.0 Å². The van der Waals surface area contributed by atoms with Crippen molar-refractivity contribution in [3.8, 4) is 5.75 Å². The summed E-state index contributed by atoms with van der Waals surface area (Å²) in [7, 11) is 0. The van der Waals surface area contributed by atoms with E-state index < -0.39 is 0 Å². The van der Waals surface area contributed by atoms with E-state index in [0.29, 0.717) is 0 Å². The molecule has 94 valence electrons. The molecule has 0 spiro atoms. The minimum atomic E-state index is 0.760. The SMILES string of the molecule is Brc1cccc(OCCN2CCCNCC2)c1. The number of hydrogen-bond donors (Lipinski definition) is 1. The fraction of sp³-hybridized carbons (Fsp3) is 0.538. The molecule has 1 aliphatic rings. The molecular weight excluding hydrogens is 280 g/mol. The minimum absolute atomic E-state index is 0.760. The number of halogens is 1. The first-order valence-electron chi connectivity index (χ1n) is 6.16. The van der Waals surface area contributed by atoms with Gasteiger partial charge in [-0.25, -0.2) is 0 Å². The Hall–Kier alpha value is -0.580. The van der Waals surface area contributed by atoms with E-state index in [1.807, 2.05) is 24.3 Å². The number of rotatable bonds is 4. The molecule has 0 saturated carbocycles. The monoisotopic (exact) mass is 298 g/mol. The molecule has 0 amide bonds. The molecule has 0 radical (unpaired) electrons. The second kappa shape index (κ2) is 6.99. The number of benzene rings is 1. The quantitative estimate of drug-likeness (QED) is 0.922. The topological polar surface area (TPSA) is 24.5 Å². The van der Waals surface area contributed by atoms with Gasteiger partial charge in [0.2, 0.25) is 0 Å². The number of nitrogens with zero attached hydrogens (tertiary/aromatic N) is 1. The van der Waals surface area contributed by atoms with Crippen molar-refractivity contribution in [3.63, 3.8) is 0 Å². The molecule has 1 aromatic carbocycles. The van der Waals surface area contributed by atoms with Crippen LogP contribution in [0.2, 0.25) is 0 Å². The zero-order valence-corrected chi connectivity index (χ0v) is 11.6. The third kappa shape index (κ3) is 4.66. The lowest BCUT2D eigenvalue weighted by atomic mass is 10.3. The number of ether oxygens (including phenoxy) is 1. The smallest absolute Gasteiger partial charge is 0.120 e. The van der Waals surface area contributed by atoms with Gasteiger partial charge >= 0.3 is 0 Å². The van der Waals surface area contributed by atoms with E-state index in [-0.39, 0.29) is 0 Å². The summed E-state index contributed by atoms with van der Waals surface area (Å²) < 4.78 is 6.80. The van der Waals surface area contributed by atoms with Gasteiger partial charge in [0.25, 0.3) is 0 Å². The zero-order valence-electron chi connectivity index (χ0n) is 9.99. The molecule has 17 heavy (non-hydrogen) atoms. The molecule has 1 aromatic rings. The first-order valence-corrected chi connectivity index (χ1v) is 6.95. The van der Waals surface area contributed by atoms with Gasteiger partial charge in [-0.3, -0.25) is 4.90 Å². The maximum atomic E-state index is 5.74. The second-order valence-corrected chi connectivity index (χ2v) is 5.17. The van der Waals surface area contributed by atoms with Crippen LogP contribution in [0.15, 0.2) is 28.7 Å². The standard InChI is InChI=1S/C13H19BrN2O/c14-12-3-1-4-13(11-12)17-10-9-16-7-2-5-15-6-8-16/h1,3-4,11,15H,2,5-10H2. The fourth-order valence-corrected chi connectivity index (χ4v) is 2.35. The maximum absolute atomic E-state index is 5.74. The van der Waals surface area contributed by atoms with Crippen LogP contribution in [0.5, 0.6) is 5.75 Å². The molecular formula is C13H19BrN2O. The highest BCUT2D eigenvalue weighted by molar-refractivity contribution is 9.10. The Bertz CT molecular complexity index is 338. The van der Waals surface area contributed by atoms with E-state index in [2.05, 4.69) is 26.1 Å². The summed E-state index contributed by atoms with van der Waals surface area (Å²) in [6.07, 6.45) is 1.23. The molecule has 1 saturated heterocycles. The molecule has 1 aliphatic heterocycles. The highest BCUT2D eigenvalue weighted by Gasteiger charge is 2.07. The van der Waals surface area contributed by atoms with E-state index in [0.717, 1.165) is 43.0 Å². The van der Waals surface area contributed by atoms with Gasteiger partial charge in [0.05, 0.1) is 0 Å². The van der Waals surface area contributed by atoms with Crippen LogP contribution in [0, 0.1) is 0 Å². The van der Waals surface area contributed by atoms with Crippen LogP contribution < -0.4 is 10.1 Å². The molecule has 4 heteroatoms. The third-order valence-electron chi connectivity index (χ3n) is 2.91. The van der Waals surface area contributed by atoms with Crippen molar-refractivity contribution in [3.05, 3.63) is 28.7 Å². The van der Waals surface area contributed by atoms with Crippen molar-refractivity contribution in [2.75, 3.05) is 39.3 Å². The van der Waals surface area contributed by atoms with Crippen molar-refractivity contribution in [2.24, 2.45) is 0 Å². The van der Waals surface area contributed by atoms with Crippen molar-refractivity contribution in [2.45, 2.75) is 6.42 Å². The normalized spacial score (nSPS) is 17.7. The van der Waals surface area contributed by atoms with Gasteiger partial charge in [0.1, 0.15) is 12.4 Å². The van der Waals surface area contributed by atoms with E-state index in [1.165, 1.54) is 13.0 Å². The summed E-state index contributed by atoms with van der Waals surface area (Å²) in [5, 5.41) is 3.40. The van der Waals surface area contributed by atoms with E-state index in [9.17, 15) is 0 Å². The summed E-state index contributed by atoms with van der Waals surface area (Å²) in [6, 6.07) is 8.00. The fourth-order valence-electron chi connectivity index (χ4n) is 1.97. The van der Waals surface area contributed by atoms with E-state index in [1.54, 1.807) is 0 Å². The van der Waals surface area contributed by atoms with Crippen LogP contribution in [0.1, 0.15) is 6.42 Å². The van der Waals surface area contributed by atoms with Crippen molar-refractivity contribution >= 4 is 15.9 Å². The summed E-state index contributed by atoms with van der Waals surface area (Å²) in [5.41, 5.74) is 0. The summed E-state index contributed by atoms with van der Waals surface area (Å²) in [4.78, 5) is 2.46. The van der Waals surface area contributed by atoms with Gasteiger partial charge in [-0.15, -0.1) is 0 Å². The van der Waals surface area contributed by atoms with Crippen LogP contribution >= 0.6 is 15.9 Å². The Morgan fingerprint density at radius 2 is 2.24 bits per heavy atom. The Morgan fingerprint density at radius 1 is 1.29 bits per heavy atom. The maximum Gasteiger partial charge on any atom is 0.120 e. The van der Waals surface area contributed by atoms with Crippen molar-refractivity contribution in [1.82, 2.24) is 10.2 Å². The van der Waals surface area contributed by atoms with Gasteiger partial charge < -0.3 is 10.1 Å². The van der Waals surface area contributed by atoms with Gasteiger partial charge in [-0.05, 0) is 37.7 Å². The molecule has 1 fully saturated rings. The molecule has 0 unspecified atom stereocenters. The molecule has 0 aromatic heterocycles. The largest absolute Gasteiger partial charge is 0.492 e. The lowest BCUT2D eigenvalue weighted by Gasteiger charge is -2.19. The molecule has 1 N–H and O–H groups in total. The lowest BCUT2D eigenvalue weighted by molar-refractivity contribution is 0.217. The highest BCUT2D eigenvalue weighted by Crippen LogP contribution is 2.17. The molecule has 3 nitrogen and oxygen atoms in total. The van der Waals surface area contributed by atoms with Gasteiger partial charge in [0, 0.05) is 24.1 Å². The number of hydrogen-bond acceptors (Lipinski definition) is 3. The number of nitrogens with one attached hydrogen (secondary N) is 1. The summed E-state index contributed by atoms with van der Waals surface area (Å²) in [6.45, 7) is 6.31. The van der Waals surface area contributed by atoms with Crippen LogP contribution in [0.3, 0.4) is 0 Å². The molecule has 0 aliphatic carbocycles. The minimum Gasteiger partial charge on any atom is -0.492 e. The van der Waals surface area contributed by atoms with Crippen LogP contribution in [0.25, 0.3) is 0 Å². The summed E-state index contributed by atoms with van der Waals surface area (Å²) in [5.74, 6) is 0.937. The predicted molar refractivity (Wildman–Crippen MR) is 73.6 cm³/mol. The third-order valence-corrected chi connectivity index (χ3v) is 3.40. The first kappa shape index (κ1) is 12.9. The highest BCUT2D eigenvalue weighted by atomic mass is 79.9. The van der Waals surface area contributed by atoms with Crippen LogP contribution in [-0.2, 0) is 0 Å². The lowest BCUT2D eigenvalue weighted by Crippen LogP contribution is -2.31. The average Bonchev–Trinajstić information content (AvgIpc) is 2.58. The molecule has 2 rings (SSSR count).